The van der Waals surface area contributed by atoms with Gasteiger partial charge in [-0.15, -0.1) is 0 Å². The molecule has 0 fully saturated rings. The van der Waals surface area contributed by atoms with E-state index in [2.05, 4.69) is 8.75 Å². The van der Waals surface area contributed by atoms with E-state index in [-0.39, 0.29) is 58.5 Å². The zero-order valence-electron chi connectivity index (χ0n) is 23.4. The Bertz CT molecular complexity index is 1840. The molecule has 13 heteroatoms. The van der Waals surface area contributed by atoms with Crippen LogP contribution in [0.15, 0.2) is 36.4 Å². The highest BCUT2D eigenvalue weighted by Crippen LogP contribution is 2.51. The molecule has 0 bridgehead atoms. The minimum absolute atomic E-state index is 0.0567. The Morgan fingerprint density at radius 2 is 1.55 bits per heavy atom. The fourth-order valence-corrected chi connectivity index (χ4v) is 5.68. The Morgan fingerprint density at radius 3 is 2.17 bits per heavy atom. The molecule has 0 saturated heterocycles. The van der Waals surface area contributed by atoms with Gasteiger partial charge in [0.05, 0.1) is 57.7 Å². The van der Waals surface area contributed by atoms with Gasteiger partial charge in [-0.3, -0.25) is 0 Å². The van der Waals surface area contributed by atoms with E-state index in [9.17, 15) is 19.8 Å². The van der Waals surface area contributed by atoms with Gasteiger partial charge < -0.3 is 38.5 Å². The summed E-state index contributed by atoms with van der Waals surface area (Å²) in [6, 6.07) is 10.2. The summed E-state index contributed by atoms with van der Waals surface area (Å²) in [4.78, 5) is 25.8. The first-order chi connectivity index (χ1) is 20.3. The molecule has 0 radical (unpaired) electrons. The fraction of sp³-hybridized carbons (Fsp3) is 0.241. The first-order valence-corrected chi connectivity index (χ1v) is 13.4. The summed E-state index contributed by atoms with van der Waals surface area (Å²) in [6.07, 6.45) is 0. The molecule has 218 valence electrons. The number of aromatic nitrogens is 3. The van der Waals surface area contributed by atoms with Crippen LogP contribution < -0.4 is 23.7 Å². The normalized spacial score (nSPS) is 11.1. The molecule has 2 aromatic heterocycles. The number of carboxylic acids is 2. The van der Waals surface area contributed by atoms with E-state index in [1.807, 2.05) is 18.2 Å². The van der Waals surface area contributed by atoms with Crippen LogP contribution in [0.25, 0.3) is 33.1 Å². The van der Waals surface area contributed by atoms with Crippen molar-refractivity contribution >= 4 is 45.6 Å². The number of benzene rings is 3. The van der Waals surface area contributed by atoms with Gasteiger partial charge in [0.2, 0.25) is 5.75 Å². The Balaban J connectivity index is 1.96. The second kappa shape index (κ2) is 11.4. The maximum atomic E-state index is 13.1. The number of carbonyl (C=O) groups is 2. The average molecular weight is 594 g/mol. The van der Waals surface area contributed by atoms with Crippen LogP contribution in [-0.2, 0) is 6.54 Å². The summed E-state index contributed by atoms with van der Waals surface area (Å²) in [7, 11) is 5.59. The van der Waals surface area contributed by atoms with E-state index in [1.165, 1.54) is 40.6 Å². The Labute approximate surface area is 243 Å². The third kappa shape index (κ3) is 4.57. The SMILES string of the molecule is CCOc1c(OC)cc2c(c1OC)c(-c1ccc(OC)c(OC)c1C(=O)O)c(C(=O)O)n2Cc1ccc2nsnc2c1. The van der Waals surface area contributed by atoms with Gasteiger partial charge in [-0.2, -0.15) is 8.75 Å². The van der Waals surface area contributed by atoms with Crippen molar-refractivity contribution in [2.75, 3.05) is 35.0 Å². The topological polar surface area (TPSA) is 151 Å². The minimum atomic E-state index is -1.34. The summed E-state index contributed by atoms with van der Waals surface area (Å²) in [5, 5.41) is 21.4. The highest BCUT2D eigenvalue weighted by atomic mass is 32.1. The number of hydrogen-bond acceptors (Lipinski definition) is 10. The number of rotatable bonds is 11. The van der Waals surface area contributed by atoms with Crippen LogP contribution in [0.2, 0.25) is 0 Å². The van der Waals surface area contributed by atoms with Gasteiger partial charge in [0.15, 0.2) is 23.0 Å². The number of hydrogen-bond donors (Lipinski definition) is 2. The van der Waals surface area contributed by atoms with E-state index in [1.54, 1.807) is 17.6 Å². The van der Waals surface area contributed by atoms with Crippen LogP contribution in [0.4, 0.5) is 0 Å². The summed E-state index contributed by atoms with van der Waals surface area (Å²) in [5.74, 6) is -1.76. The molecule has 2 heterocycles. The smallest absolute Gasteiger partial charge is 0.353 e. The summed E-state index contributed by atoms with van der Waals surface area (Å²) in [5.41, 5.74) is 2.31. The number of aromatic carboxylic acids is 2. The van der Waals surface area contributed by atoms with Crippen molar-refractivity contribution in [3.63, 3.8) is 0 Å². The molecule has 0 aliphatic carbocycles. The Morgan fingerprint density at radius 1 is 0.833 bits per heavy atom. The van der Waals surface area contributed by atoms with Gasteiger partial charge in [0.25, 0.3) is 0 Å². The molecule has 0 atom stereocenters. The molecule has 3 aromatic carbocycles. The van der Waals surface area contributed by atoms with Crippen LogP contribution >= 0.6 is 11.7 Å². The zero-order valence-corrected chi connectivity index (χ0v) is 24.2. The molecule has 12 nitrogen and oxygen atoms in total. The molecule has 0 aliphatic rings. The van der Waals surface area contributed by atoms with Gasteiger partial charge in [-0.25, -0.2) is 9.59 Å². The van der Waals surface area contributed by atoms with Crippen LogP contribution in [0.3, 0.4) is 0 Å². The van der Waals surface area contributed by atoms with Crippen molar-refractivity contribution in [2.45, 2.75) is 13.5 Å². The monoisotopic (exact) mass is 593 g/mol. The van der Waals surface area contributed by atoms with E-state index in [4.69, 9.17) is 23.7 Å². The van der Waals surface area contributed by atoms with Crippen molar-refractivity contribution in [2.24, 2.45) is 0 Å². The molecule has 0 unspecified atom stereocenters. The second-order valence-corrected chi connectivity index (χ2v) is 9.53. The van der Waals surface area contributed by atoms with Gasteiger partial charge in [-0.05, 0) is 36.8 Å². The van der Waals surface area contributed by atoms with Crippen LogP contribution in [-0.4, -0.2) is 70.5 Å². The number of nitrogens with zero attached hydrogens (tertiary/aromatic N) is 3. The number of ether oxygens (including phenoxy) is 5. The molecule has 0 saturated carbocycles. The predicted molar refractivity (Wildman–Crippen MR) is 155 cm³/mol. The standard InChI is InChI=1S/C29H27N3O9S/c1-6-41-26-20(38-3)12-18-23(27(26)40-5)21(15-8-10-19(37-2)25(39-4)22(15)28(33)34)24(29(35)36)32(18)13-14-7-9-16-17(11-14)31-42-30-16/h7-12H,6,13H2,1-5H3,(H,33,34)(H,35,36). The third-order valence-electron chi connectivity index (χ3n) is 6.83. The quantitative estimate of drug-likeness (QED) is 0.208. The summed E-state index contributed by atoms with van der Waals surface area (Å²) >= 11 is 1.08. The lowest BCUT2D eigenvalue weighted by molar-refractivity contribution is 0.0676. The molecular weight excluding hydrogens is 566 g/mol. The number of carboxylic acid groups (broad SMARTS) is 2. The highest BCUT2D eigenvalue weighted by Gasteiger charge is 2.33. The molecule has 0 amide bonds. The van der Waals surface area contributed by atoms with Crippen molar-refractivity contribution in [1.82, 2.24) is 13.3 Å². The first-order valence-electron chi connectivity index (χ1n) is 12.7. The molecular formula is C29H27N3O9S. The Hall–Kier alpha value is -5.04. The molecule has 5 rings (SSSR count). The lowest BCUT2D eigenvalue weighted by Crippen LogP contribution is -2.12. The number of methoxy groups -OCH3 is 4. The third-order valence-corrected chi connectivity index (χ3v) is 7.39. The van der Waals surface area contributed by atoms with Crippen LogP contribution in [0.5, 0.6) is 28.7 Å². The van der Waals surface area contributed by atoms with Crippen molar-refractivity contribution in [3.8, 4) is 39.9 Å². The first kappa shape index (κ1) is 28.5. The number of fused-ring (bicyclic) bond motifs is 2. The molecule has 0 aliphatic heterocycles. The van der Waals surface area contributed by atoms with E-state index < -0.39 is 11.9 Å². The molecule has 5 aromatic rings. The zero-order chi connectivity index (χ0) is 30.1. The lowest BCUT2D eigenvalue weighted by Gasteiger charge is -2.17. The summed E-state index contributed by atoms with van der Waals surface area (Å²) < 4.78 is 38.3. The van der Waals surface area contributed by atoms with Gasteiger partial charge in [0, 0.05) is 23.7 Å². The minimum Gasteiger partial charge on any atom is -0.493 e. The van der Waals surface area contributed by atoms with Gasteiger partial charge in [-0.1, -0.05) is 6.07 Å². The van der Waals surface area contributed by atoms with Crippen LogP contribution in [0, 0.1) is 0 Å². The van der Waals surface area contributed by atoms with Crippen LogP contribution in [0.1, 0.15) is 33.3 Å². The molecule has 42 heavy (non-hydrogen) atoms. The Kier molecular flexibility index (Phi) is 7.77. The van der Waals surface area contributed by atoms with Gasteiger partial charge in [0.1, 0.15) is 22.3 Å². The fourth-order valence-electron chi connectivity index (χ4n) is 5.16. The highest BCUT2D eigenvalue weighted by molar-refractivity contribution is 7.00. The largest absolute Gasteiger partial charge is 0.493 e. The van der Waals surface area contributed by atoms with Crippen molar-refractivity contribution in [1.29, 1.82) is 0 Å². The van der Waals surface area contributed by atoms with Crippen molar-refractivity contribution < 1.29 is 43.5 Å². The lowest BCUT2D eigenvalue weighted by atomic mass is 9.94. The van der Waals surface area contributed by atoms with E-state index >= 15 is 0 Å². The van der Waals surface area contributed by atoms with Gasteiger partial charge >= 0.3 is 11.9 Å². The van der Waals surface area contributed by atoms with E-state index in [0.29, 0.717) is 22.2 Å². The predicted octanol–water partition coefficient (Wildman–Crippen LogP) is 5.19. The van der Waals surface area contributed by atoms with Crippen molar-refractivity contribution in [3.05, 3.63) is 53.2 Å². The maximum absolute atomic E-state index is 13.1. The maximum Gasteiger partial charge on any atom is 0.353 e. The second-order valence-electron chi connectivity index (χ2n) is 9.00. The molecule has 0 spiro atoms. The molecule has 2 N–H and O–H groups in total. The average Bonchev–Trinajstić information content (AvgIpc) is 3.58. The van der Waals surface area contributed by atoms with E-state index in [0.717, 1.165) is 22.8 Å². The summed E-state index contributed by atoms with van der Waals surface area (Å²) in [6.45, 7) is 2.15.